The van der Waals surface area contributed by atoms with Crippen LogP contribution in [0.5, 0.6) is 0 Å². The van der Waals surface area contributed by atoms with Crippen LogP contribution in [0, 0.1) is 6.92 Å². The van der Waals surface area contributed by atoms with Gasteiger partial charge in [0.2, 0.25) is 0 Å². The molecule has 2 N–H and O–H groups in total. The minimum absolute atomic E-state index is 0.148. The first-order valence-electron chi connectivity index (χ1n) is 6.83. The Morgan fingerprint density at radius 1 is 1.37 bits per heavy atom. The van der Waals surface area contributed by atoms with E-state index < -0.39 is 0 Å². The highest BCUT2D eigenvalue weighted by Gasteiger charge is 2.28. The lowest BCUT2D eigenvalue weighted by molar-refractivity contribution is 0.708. The van der Waals surface area contributed by atoms with Crippen LogP contribution in [0.3, 0.4) is 0 Å². The summed E-state index contributed by atoms with van der Waals surface area (Å²) in [4.78, 5) is 9.37. The molecule has 0 aliphatic carbocycles. The molecular weight excluding hydrogens is 274 g/mol. The fourth-order valence-electron chi connectivity index (χ4n) is 2.16. The Bertz CT molecular complexity index is 437. The molecule has 5 heteroatoms. The highest BCUT2D eigenvalue weighted by atomic mass is 32.2. The average molecular weight is 297 g/mol. The molecule has 0 aromatic carbocycles. The van der Waals surface area contributed by atoms with Crippen LogP contribution in [0.15, 0.2) is 6.07 Å². The monoisotopic (exact) mass is 297 g/mol. The van der Waals surface area contributed by atoms with Gasteiger partial charge in [-0.25, -0.2) is 9.97 Å². The Kier molecular flexibility index (Phi) is 5.15. The van der Waals surface area contributed by atoms with Crippen molar-refractivity contribution in [2.75, 3.05) is 5.75 Å². The number of nitrogens with zero attached hydrogens (tertiary/aromatic N) is 2. The Balaban J connectivity index is 2.17. The van der Waals surface area contributed by atoms with Gasteiger partial charge in [-0.15, -0.1) is 11.8 Å². The van der Waals surface area contributed by atoms with E-state index in [0.717, 1.165) is 34.6 Å². The van der Waals surface area contributed by atoms with Crippen molar-refractivity contribution in [1.29, 1.82) is 0 Å². The SMILES string of the molecule is Cc1cc(CC(C)N)nc(C2CSC(C)C(C)S2)n1. The van der Waals surface area contributed by atoms with Crippen LogP contribution >= 0.6 is 23.5 Å². The summed E-state index contributed by atoms with van der Waals surface area (Å²) in [5.74, 6) is 2.10. The molecule has 1 aliphatic heterocycles. The molecule has 2 heterocycles. The fourth-order valence-corrected chi connectivity index (χ4v) is 5.00. The number of hydrogen-bond donors (Lipinski definition) is 1. The quantitative estimate of drug-likeness (QED) is 0.929. The van der Waals surface area contributed by atoms with Crippen LogP contribution in [-0.2, 0) is 6.42 Å². The first kappa shape index (κ1) is 15.1. The van der Waals surface area contributed by atoms with Crippen molar-refractivity contribution < 1.29 is 0 Å². The Morgan fingerprint density at radius 3 is 2.74 bits per heavy atom. The second-order valence-electron chi connectivity index (χ2n) is 5.41. The standard InChI is InChI=1S/C14H23N3S2/c1-8(15)5-12-6-9(2)16-14(17-12)13-7-18-10(3)11(4)19-13/h6,8,10-11,13H,5,7,15H2,1-4H3. The summed E-state index contributed by atoms with van der Waals surface area (Å²) < 4.78 is 0. The van der Waals surface area contributed by atoms with Crippen LogP contribution in [0.1, 0.15) is 43.2 Å². The van der Waals surface area contributed by atoms with Crippen molar-refractivity contribution in [3.05, 3.63) is 23.3 Å². The largest absolute Gasteiger partial charge is 0.328 e. The molecule has 0 spiro atoms. The van der Waals surface area contributed by atoms with Gasteiger partial charge in [-0.1, -0.05) is 13.8 Å². The smallest absolute Gasteiger partial charge is 0.142 e. The van der Waals surface area contributed by atoms with E-state index in [1.807, 2.05) is 37.4 Å². The summed E-state index contributed by atoms with van der Waals surface area (Å²) in [7, 11) is 0. The van der Waals surface area contributed by atoms with Gasteiger partial charge in [0.15, 0.2) is 0 Å². The van der Waals surface area contributed by atoms with E-state index in [2.05, 4.69) is 24.9 Å². The predicted octanol–water partition coefficient (Wildman–Crippen LogP) is 2.97. The summed E-state index contributed by atoms with van der Waals surface area (Å²) in [6.07, 6.45) is 0.826. The zero-order chi connectivity index (χ0) is 14.0. The first-order valence-corrected chi connectivity index (χ1v) is 8.82. The molecule has 106 valence electrons. The maximum absolute atomic E-state index is 5.87. The molecular formula is C14H23N3S2. The van der Waals surface area contributed by atoms with Gasteiger partial charge in [0.05, 0.1) is 5.25 Å². The molecule has 1 aliphatic rings. The Hall–Kier alpha value is -0.260. The van der Waals surface area contributed by atoms with Crippen molar-refractivity contribution >= 4 is 23.5 Å². The maximum atomic E-state index is 5.87. The summed E-state index contributed by atoms with van der Waals surface area (Å²) in [6.45, 7) is 8.67. The third kappa shape index (κ3) is 4.10. The zero-order valence-corrected chi connectivity index (χ0v) is 13.7. The molecule has 1 aromatic rings. The number of aromatic nitrogens is 2. The van der Waals surface area contributed by atoms with E-state index in [0.29, 0.717) is 10.5 Å². The molecule has 4 unspecified atom stereocenters. The molecule has 1 saturated heterocycles. The van der Waals surface area contributed by atoms with Crippen molar-refractivity contribution in [2.45, 2.75) is 55.9 Å². The van der Waals surface area contributed by atoms with E-state index in [-0.39, 0.29) is 6.04 Å². The molecule has 3 nitrogen and oxygen atoms in total. The molecule has 0 bridgehead atoms. The van der Waals surface area contributed by atoms with Gasteiger partial charge < -0.3 is 5.73 Å². The summed E-state index contributed by atoms with van der Waals surface area (Å²) in [5, 5.41) is 1.79. The molecule has 4 atom stereocenters. The van der Waals surface area contributed by atoms with E-state index in [4.69, 9.17) is 10.7 Å². The predicted molar refractivity (Wildman–Crippen MR) is 85.8 cm³/mol. The van der Waals surface area contributed by atoms with Crippen LogP contribution in [0.2, 0.25) is 0 Å². The molecule has 0 radical (unpaired) electrons. The molecule has 1 aromatic heterocycles. The molecule has 19 heavy (non-hydrogen) atoms. The number of thioether (sulfide) groups is 2. The maximum Gasteiger partial charge on any atom is 0.142 e. The van der Waals surface area contributed by atoms with Crippen molar-refractivity contribution in [3.63, 3.8) is 0 Å². The van der Waals surface area contributed by atoms with Gasteiger partial charge in [0, 0.05) is 40.1 Å². The number of hydrogen-bond acceptors (Lipinski definition) is 5. The highest BCUT2D eigenvalue weighted by Crippen LogP contribution is 2.43. The van der Waals surface area contributed by atoms with E-state index in [1.165, 1.54) is 0 Å². The Morgan fingerprint density at radius 2 is 2.11 bits per heavy atom. The molecule has 1 fully saturated rings. The highest BCUT2D eigenvalue weighted by molar-refractivity contribution is 8.07. The third-order valence-electron chi connectivity index (χ3n) is 3.29. The van der Waals surface area contributed by atoms with Crippen molar-refractivity contribution in [3.8, 4) is 0 Å². The average Bonchev–Trinajstić information content (AvgIpc) is 2.31. The Labute approximate surface area is 124 Å². The van der Waals surface area contributed by atoms with Crippen molar-refractivity contribution in [2.24, 2.45) is 5.73 Å². The van der Waals surface area contributed by atoms with Crippen LogP contribution in [-0.4, -0.2) is 32.3 Å². The van der Waals surface area contributed by atoms with Gasteiger partial charge in [0.1, 0.15) is 5.82 Å². The number of rotatable bonds is 3. The topological polar surface area (TPSA) is 51.8 Å². The van der Waals surface area contributed by atoms with Gasteiger partial charge in [-0.05, 0) is 19.9 Å². The van der Waals surface area contributed by atoms with Crippen LogP contribution < -0.4 is 5.73 Å². The minimum atomic E-state index is 0.148. The second kappa shape index (κ2) is 6.46. The lowest BCUT2D eigenvalue weighted by Gasteiger charge is -2.30. The van der Waals surface area contributed by atoms with Crippen molar-refractivity contribution in [1.82, 2.24) is 9.97 Å². The lowest BCUT2D eigenvalue weighted by Crippen LogP contribution is -2.24. The van der Waals surface area contributed by atoms with Gasteiger partial charge in [0.25, 0.3) is 0 Å². The summed E-state index contributed by atoms with van der Waals surface area (Å²) in [6, 6.07) is 2.20. The van der Waals surface area contributed by atoms with Gasteiger partial charge in [-0.3, -0.25) is 0 Å². The lowest BCUT2D eigenvalue weighted by atomic mass is 10.1. The van der Waals surface area contributed by atoms with E-state index in [9.17, 15) is 0 Å². The minimum Gasteiger partial charge on any atom is -0.328 e. The van der Waals surface area contributed by atoms with E-state index in [1.54, 1.807) is 0 Å². The van der Waals surface area contributed by atoms with Gasteiger partial charge in [-0.2, -0.15) is 11.8 Å². The molecule has 2 rings (SSSR count). The molecule has 0 amide bonds. The first-order chi connectivity index (χ1) is 8.95. The van der Waals surface area contributed by atoms with Gasteiger partial charge >= 0.3 is 0 Å². The summed E-state index contributed by atoms with van der Waals surface area (Å²) in [5.41, 5.74) is 8.00. The van der Waals surface area contributed by atoms with Crippen LogP contribution in [0.4, 0.5) is 0 Å². The van der Waals surface area contributed by atoms with Crippen LogP contribution in [0.25, 0.3) is 0 Å². The normalized spacial score (nSPS) is 29.2. The third-order valence-corrected chi connectivity index (χ3v) is 6.68. The van der Waals surface area contributed by atoms with E-state index >= 15 is 0 Å². The summed E-state index contributed by atoms with van der Waals surface area (Å²) >= 11 is 4.04. The molecule has 0 saturated carbocycles. The fraction of sp³-hybridized carbons (Fsp3) is 0.714. The second-order valence-corrected chi connectivity index (χ2v) is 8.40. The number of nitrogens with two attached hydrogens (primary N) is 1. The number of aryl methyl sites for hydroxylation is 1. The zero-order valence-electron chi connectivity index (χ0n) is 12.1.